The number of rotatable bonds is 10. The summed E-state index contributed by atoms with van der Waals surface area (Å²) in [4.78, 5) is 2.23. The van der Waals surface area contributed by atoms with Crippen LogP contribution >= 0.6 is 24.4 Å². The minimum absolute atomic E-state index is 0.0333. The maximum Gasteiger partial charge on any atom is 0.0576 e. The fourth-order valence-corrected chi connectivity index (χ4v) is 3.23. The number of thioether (sulfide) groups is 1. The van der Waals surface area contributed by atoms with Gasteiger partial charge in [0, 0.05) is 34.9 Å². The summed E-state index contributed by atoms with van der Waals surface area (Å²) in [6.07, 6.45) is 0. The van der Waals surface area contributed by atoms with Gasteiger partial charge in [-0.15, -0.1) is 0 Å². The van der Waals surface area contributed by atoms with E-state index in [1.54, 1.807) is 0 Å². The molecule has 0 aliphatic heterocycles. The minimum Gasteiger partial charge on any atom is -0.382 e. The minimum atomic E-state index is -0.0333. The Hall–Kier alpha value is -0.520. The molecule has 0 atom stereocenters. The summed E-state index contributed by atoms with van der Waals surface area (Å²) in [5.41, 5.74) is 2.30. The molecule has 0 aromatic heterocycles. The molecular weight excluding hydrogens is 322 g/mol. The van der Waals surface area contributed by atoms with Gasteiger partial charge in [-0.1, -0.05) is 12.1 Å². The maximum atomic E-state index is 4.58. The molecule has 1 aromatic rings. The molecule has 0 heterocycles. The largest absolute Gasteiger partial charge is 0.382 e. The van der Waals surface area contributed by atoms with Crippen molar-refractivity contribution in [1.29, 1.82) is 0 Å². The molecule has 0 aliphatic carbocycles. The van der Waals surface area contributed by atoms with Gasteiger partial charge in [0.05, 0.1) is 11.4 Å². The van der Waals surface area contributed by atoms with Crippen molar-refractivity contribution in [2.75, 3.05) is 50.1 Å². The third kappa shape index (κ3) is 9.38. The van der Waals surface area contributed by atoms with Crippen molar-refractivity contribution in [3.63, 3.8) is 0 Å². The zero-order chi connectivity index (χ0) is 17.5. The first-order valence-electron chi connectivity index (χ1n) is 8.17. The third-order valence-corrected chi connectivity index (χ3v) is 4.84. The SMILES string of the molecule is CN(C)CCSC(C)(C)CNc1ccccc1NCC(C)(C)S. The molecule has 0 fully saturated rings. The number of anilines is 2. The summed E-state index contributed by atoms with van der Waals surface area (Å²) in [5, 5.41) is 7.10. The van der Waals surface area contributed by atoms with E-state index in [4.69, 9.17) is 0 Å². The van der Waals surface area contributed by atoms with Crippen LogP contribution < -0.4 is 10.6 Å². The third-order valence-electron chi connectivity index (χ3n) is 3.37. The van der Waals surface area contributed by atoms with Gasteiger partial charge in [-0.2, -0.15) is 24.4 Å². The van der Waals surface area contributed by atoms with Crippen LogP contribution in [0.1, 0.15) is 27.7 Å². The smallest absolute Gasteiger partial charge is 0.0576 e. The Morgan fingerprint density at radius 2 is 1.52 bits per heavy atom. The lowest BCUT2D eigenvalue weighted by Crippen LogP contribution is -2.29. The molecule has 0 saturated carbocycles. The monoisotopic (exact) mass is 355 g/mol. The second kappa shape index (κ2) is 9.09. The van der Waals surface area contributed by atoms with E-state index in [2.05, 4.69) is 94.2 Å². The highest BCUT2D eigenvalue weighted by molar-refractivity contribution is 8.00. The van der Waals surface area contributed by atoms with Crippen molar-refractivity contribution in [2.45, 2.75) is 37.2 Å². The van der Waals surface area contributed by atoms with E-state index in [0.29, 0.717) is 0 Å². The van der Waals surface area contributed by atoms with Crippen molar-refractivity contribution in [3.8, 4) is 0 Å². The van der Waals surface area contributed by atoms with Crippen LogP contribution in [-0.2, 0) is 0 Å². The lowest BCUT2D eigenvalue weighted by atomic mass is 10.1. The highest BCUT2D eigenvalue weighted by atomic mass is 32.2. The first kappa shape index (κ1) is 20.5. The Morgan fingerprint density at radius 1 is 1.00 bits per heavy atom. The van der Waals surface area contributed by atoms with Crippen LogP contribution in [0, 0.1) is 0 Å². The Labute approximate surface area is 152 Å². The van der Waals surface area contributed by atoms with Crippen LogP contribution in [-0.4, -0.2) is 53.9 Å². The van der Waals surface area contributed by atoms with Crippen LogP contribution in [0.25, 0.3) is 0 Å². The van der Waals surface area contributed by atoms with E-state index in [-0.39, 0.29) is 9.49 Å². The summed E-state index contributed by atoms with van der Waals surface area (Å²) in [5.74, 6) is 1.15. The van der Waals surface area contributed by atoms with Gasteiger partial charge >= 0.3 is 0 Å². The fraction of sp³-hybridized carbons (Fsp3) is 0.667. The molecule has 3 nitrogen and oxygen atoms in total. The molecule has 0 aliphatic rings. The Balaban J connectivity index is 2.56. The molecule has 0 saturated heterocycles. The van der Waals surface area contributed by atoms with Gasteiger partial charge in [0.25, 0.3) is 0 Å². The lowest BCUT2D eigenvalue weighted by molar-refractivity contribution is 0.437. The normalized spacial score (nSPS) is 12.5. The van der Waals surface area contributed by atoms with Crippen LogP contribution in [0.5, 0.6) is 0 Å². The summed E-state index contributed by atoms with van der Waals surface area (Å²) < 4.78 is 0.167. The predicted molar refractivity (Wildman–Crippen MR) is 112 cm³/mol. The van der Waals surface area contributed by atoms with Gasteiger partial charge in [0.15, 0.2) is 0 Å². The first-order valence-corrected chi connectivity index (χ1v) is 9.60. The van der Waals surface area contributed by atoms with Crippen molar-refractivity contribution in [2.24, 2.45) is 0 Å². The summed E-state index contributed by atoms with van der Waals surface area (Å²) in [6, 6.07) is 8.39. The average molecular weight is 356 g/mol. The average Bonchev–Trinajstić information content (AvgIpc) is 2.42. The molecular formula is C18H33N3S2. The van der Waals surface area contributed by atoms with Gasteiger partial charge in [-0.05, 0) is 53.9 Å². The van der Waals surface area contributed by atoms with E-state index in [9.17, 15) is 0 Å². The predicted octanol–water partition coefficient (Wildman–Crippen LogP) is 4.29. The van der Waals surface area contributed by atoms with E-state index >= 15 is 0 Å². The molecule has 1 aromatic carbocycles. The van der Waals surface area contributed by atoms with Crippen molar-refractivity contribution >= 4 is 35.8 Å². The topological polar surface area (TPSA) is 27.3 Å². The number of nitrogens with zero attached hydrogens (tertiary/aromatic N) is 1. The highest BCUT2D eigenvalue weighted by Crippen LogP contribution is 2.28. The van der Waals surface area contributed by atoms with E-state index < -0.39 is 0 Å². The van der Waals surface area contributed by atoms with Gasteiger partial charge < -0.3 is 15.5 Å². The van der Waals surface area contributed by atoms with Gasteiger partial charge in [0.1, 0.15) is 0 Å². The Kier molecular flexibility index (Phi) is 8.11. The van der Waals surface area contributed by atoms with E-state index in [1.807, 2.05) is 11.8 Å². The van der Waals surface area contributed by atoms with Crippen molar-refractivity contribution in [3.05, 3.63) is 24.3 Å². The zero-order valence-corrected chi connectivity index (χ0v) is 17.2. The summed E-state index contributed by atoms with van der Waals surface area (Å²) in [7, 11) is 4.24. The molecule has 0 bridgehead atoms. The summed E-state index contributed by atoms with van der Waals surface area (Å²) in [6.45, 7) is 11.7. The lowest BCUT2D eigenvalue weighted by Gasteiger charge is -2.27. The fourth-order valence-electron chi connectivity index (χ4n) is 1.97. The van der Waals surface area contributed by atoms with Crippen LogP contribution in [0.2, 0.25) is 0 Å². The second-order valence-electron chi connectivity index (χ2n) is 7.48. The summed E-state index contributed by atoms with van der Waals surface area (Å²) >= 11 is 6.59. The highest BCUT2D eigenvalue weighted by Gasteiger charge is 2.19. The van der Waals surface area contributed by atoms with Gasteiger partial charge in [0.2, 0.25) is 0 Å². The number of nitrogens with one attached hydrogen (secondary N) is 2. The molecule has 1 rings (SSSR count). The molecule has 0 amide bonds. The Morgan fingerprint density at radius 3 is 2.00 bits per heavy atom. The molecule has 0 unspecified atom stereocenters. The number of benzene rings is 1. The standard InChI is InChI=1S/C18H33N3S2/c1-17(2,22)13-19-15-9-7-8-10-16(15)20-14-18(3,4)23-12-11-21(5)6/h7-10,19-20,22H,11-14H2,1-6H3. The van der Waals surface area contributed by atoms with Gasteiger partial charge in [-0.3, -0.25) is 0 Å². The molecule has 0 radical (unpaired) electrons. The number of thiol groups is 1. The number of para-hydroxylation sites is 2. The number of hydrogen-bond donors (Lipinski definition) is 3. The molecule has 2 N–H and O–H groups in total. The second-order valence-corrected chi connectivity index (χ2v) is 10.5. The van der Waals surface area contributed by atoms with E-state index in [1.165, 1.54) is 0 Å². The van der Waals surface area contributed by atoms with Gasteiger partial charge in [-0.25, -0.2) is 0 Å². The quantitative estimate of drug-likeness (QED) is 0.546. The number of hydrogen-bond acceptors (Lipinski definition) is 5. The first-order chi connectivity index (χ1) is 10.6. The van der Waals surface area contributed by atoms with Crippen molar-refractivity contribution in [1.82, 2.24) is 4.90 Å². The molecule has 0 spiro atoms. The van der Waals surface area contributed by atoms with Crippen LogP contribution in [0.3, 0.4) is 0 Å². The van der Waals surface area contributed by atoms with E-state index in [0.717, 1.165) is 36.8 Å². The molecule has 132 valence electrons. The maximum absolute atomic E-state index is 4.58. The zero-order valence-electron chi connectivity index (χ0n) is 15.4. The molecule has 23 heavy (non-hydrogen) atoms. The van der Waals surface area contributed by atoms with Crippen LogP contribution in [0.4, 0.5) is 11.4 Å². The van der Waals surface area contributed by atoms with Crippen LogP contribution in [0.15, 0.2) is 24.3 Å². The van der Waals surface area contributed by atoms with Crippen molar-refractivity contribution < 1.29 is 0 Å². The Bertz CT molecular complexity index is 468. The molecule has 5 heteroatoms.